The second kappa shape index (κ2) is 6.93. The van der Waals surface area contributed by atoms with Crippen LogP contribution in [-0.4, -0.2) is 54.0 Å². The molecule has 6 nitrogen and oxygen atoms in total. The van der Waals surface area contributed by atoms with Crippen LogP contribution in [0, 0.1) is 0 Å². The van der Waals surface area contributed by atoms with E-state index in [1.807, 2.05) is 0 Å². The Morgan fingerprint density at radius 2 is 1.70 bits per heavy atom. The standard InChI is InChI=1S/C16H18ClN5O/c1-21-6-8-22(9-7-21)16-18-10-12(11-19-16)15(23)20-14-4-2-13(17)3-5-14/h2-5,10-11H,6-9H2,1H3,(H,20,23). The summed E-state index contributed by atoms with van der Waals surface area (Å²) >= 11 is 5.83. The molecule has 1 fully saturated rings. The third-order valence-corrected chi connectivity index (χ3v) is 4.04. The number of benzene rings is 1. The molecule has 0 atom stereocenters. The highest BCUT2D eigenvalue weighted by Gasteiger charge is 2.17. The highest BCUT2D eigenvalue weighted by atomic mass is 35.5. The van der Waals surface area contributed by atoms with Crippen LogP contribution in [0.5, 0.6) is 0 Å². The topological polar surface area (TPSA) is 61.4 Å². The molecule has 1 aromatic carbocycles. The first kappa shape index (κ1) is 15.7. The molecule has 1 aromatic heterocycles. The van der Waals surface area contributed by atoms with Gasteiger partial charge in [0.1, 0.15) is 0 Å². The van der Waals surface area contributed by atoms with Crippen molar-refractivity contribution in [3.05, 3.63) is 47.2 Å². The van der Waals surface area contributed by atoms with Crippen molar-refractivity contribution in [2.24, 2.45) is 0 Å². The Bertz CT molecular complexity index is 666. The van der Waals surface area contributed by atoms with Gasteiger partial charge >= 0.3 is 0 Å². The van der Waals surface area contributed by atoms with Gasteiger partial charge in [-0.05, 0) is 31.3 Å². The Morgan fingerprint density at radius 3 is 2.30 bits per heavy atom. The minimum Gasteiger partial charge on any atom is -0.338 e. The lowest BCUT2D eigenvalue weighted by molar-refractivity contribution is 0.102. The lowest BCUT2D eigenvalue weighted by atomic mass is 10.3. The number of nitrogens with one attached hydrogen (secondary N) is 1. The van der Waals surface area contributed by atoms with Crippen molar-refractivity contribution >= 4 is 29.1 Å². The molecule has 1 N–H and O–H groups in total. The van der Waals surface area contributed by atoms with Crippen LogP contribution in [0.2, 0.25) is 5.02 Å². The molecule has 3 rings (SSSR count). The largest absolute Gasteiger partial charge is 0.338 e. The van der Waals surface area contributed by atoms with Gasteiger partial charge in [-0.2, -0.15) is 0 Å². The van der Waals surface area contributed by atoms with Gasteiger partial charge in [-0.25, -0.2) is 9.97 Å². The molecule has 1 aliphatic rings. The highest BCUT2D eigenvalue weighted by Crippen LogP contribution is 2.15. The molecular formula is C16H18ClN5O. The number of carbonyl (C=O) groups excluding carboxylic acids is 1. The van der Waals surface area contributed by atoms with E-state index in [4.69, 9.17) is 11.6 Å². The van der Waals surface area contributed by atoms with Crippen LogP contribution in [0.4, 0.5) is 11.6 Å². The van der Waals surface area contributed by atoms with Crippen molar-refractivity contribution in [1.29, 1.82) is 0 Å². The zero-order valence-corrected chi connectivity index (χ0v) is 13.6. The summed E-state index contributed by atoms with van der Waals surface area (Å²) in [5.74, 6) is 0.429. The Morgan fingerprint density at radius 1 is 1.09 bits per heavy atom. The zero-order valence-electron chi connectivity index (χ0n) is 12.9. The fourth-order valence-corrected chi connectivity index (χ4v) is 2.47. The minimum atomic E-state index is -0.239. The summed E-state index contributed by atoms with van der Waals surface area (Å²) in [7, 11) is 2.10. The van der Waals surface area contributed by atoms with E-state index < -0.39 is 0 Å². The summed E-state index contributed by atoms with van der Waals surface area (Å²) in [6.07, 6.45) is 3.12. The molecule has 2 aromatic rings. The molecule has 0 spiro atoms. The smallest absolute Gasteiger partial charge is 0.258 e. The molecule has 120 valence electrons. The first-order valence-electron chi connectivity index (χ1n) is 7.44. The van der Waals surface area contributed by atoms with Gasteiger partial charge in [0.05, 0.1) is 5.56 Å². The van der Waals surface area contributed by atoms with Gasteiger partial charge < -0.3 is 15.1 Å². The Hall–Kier alpha value is -2.18. The van der Waals surface area contributed by atoms with Crippen LogP contribution in [-0.2, 0) is 0 Å². The molecule has 0 saturated carbocycles. The zero-order chi connectivity index (χ0) is 16.2. The third kappa shape index (κ3) is 3.97. The number of piperazine rings is 1. The normalized spacial score (nSPS) is 15.5. The summed E-state index contributed by atoms with van der Waals surface area (Å²) in [6.45, 7) is 3.77. The molecule has 1 aliphatic heterocycles. The number of amides is 1. The SMILES string of the molecule is CN1CCN(c2ncc(C(=O)Nc3ccc(Cl)cc3)cn2)CC1. The van der Waals surface area contributed by atoms with Crippen LogP contribution in [0.15, 0.2) is 36.7 Å². The van der Waals surface area contributed by atoms with Crippen LogP contribution < -0.4 is 10.2 Å². The number of likely N-dealkylation sites (N-methyl/N-ethyl adjacent to an activating group) is 1. The minimum absolute atomic E-state index is 0.239. The Balaban J connectivity index is 1.64. The van der Waals surface area contributed by atoms with Gasteiger partial charge in [0, 0.05) is 49.3 Å². The van der Waals surface area contributed by atoms with Crippen molar-refractivity contribution in [3.8, 4) is 0 Å². The van der Waals surface area contributed by atoms with Crippen LogP contribution in [0.25, 0.3) is 0 Å². The van der Waals surface area contributed by atoms with Crippen molar-refractivity contribution < 1.29 is 4.79 Å². The summed E-state index contributed by atoms with van der Waals surface area (Å²) in [4.78, 5) is 25.2. The molecule has 2 heterocycles. The van der Waals surface area contributed by atoms with E-state index in [1.54, 1.807) is 36.7 Å². The van der Waals surface area contributed by atoms with E-state index in [2.05, 4.69) is 32.1 Å². The number of carbonyl (C=O) groups is 1. The number of rotatable bonds is 3. The molecule has 23 heavy (non-hydrogen) atoms. The first-order chi connectivity index (χ1) is 11.1. The van der Waals surface area contributed by atoms with Gasteiger partial charge in [-0.3, -0.25) is 4.79 Å². The number of nitrogens with zero attached hydrogens (tertiary/aromatic N) is 4. The van der Waals surface area contributed by atoms with Gasteiger partial charge in [0.2, 0.25) is 5.95 Å². The van der Waals surface area contributed by atoms with E-state index in [0.29, 0.717) is 22.2 Å². The molecular weight excluding hydrogens is 314 g/mol. The maximum Gasteiger partial charge on any atom is 0.258 e. The predicted octanol–water partition coefficient (Wildman–Crippen LogP) is 2.13. The lowest BCUT2D eigenvalue weighted by Gasteiger charge is -2.32. The van der Waals surface area contributed by atoms with Gasteiger partial charge in [-0.15, -0.1) is 0 Å². The van der Waals surface area contributed by atoms with Crippen LogP contribution in [0.3, 0.4) is 0 Å². The molecule has 1 amide bonds. The van der Waals surface area contributed by atoms with Gasteiger partial charge in [0.25, 0.3) is 5.91 Å². The lowest BCUT2D eigenvalue weighted by Crippen LogP contribution is -2.45. The second-order valence-electron chi connectivity index (χ2n) is 5.52. The van der Waals surface area contributed by atoms with Crippen molar-refractivity contribution in [2.75, 3.05) is 43.4 Å². The second-order valence-corrected chi connectivity index (χ2v) is 5.96. The monoisotopic (exact) mass is 331 g/mol. The number of hydrogen-bond donors (Lipinski definition) is 1. The molecule has 7 heteroatoms. The summed E-state index contributed by atoms with van der Waals surface area (Å²) in [5, 5.41) is 3.42. The van der Waals surface area contributed by atoms with Crippen LogP contribution >= 0.6 is 11.6 Å². The maximum atomic E-state index is 12.2. The Labute approximate surface area is 140 Å². The van der Waals surface area contributed by atoms with E-state index in [0.717, 1.165) is 26.2 Å². The first-order valence-corrected chi connectivity index (χ1v) is 7.82. The van der Waals surface area contributed by atoms with Crippen LogP contribution in [0.1, 0.15) is 10.4 Å². The van der Waals surface area contributed by atoms with Gasteiger partial charge in [0.15, 0.2) is 0 Å². The van der Waals surface area contributed by atoms with Crippen molar-refractivity contribution in [1.82, 2.24) is 14.9 Å². The van der Waals surface area contributed by atoms with Crippen molar-refractivity contribution in [2.45, 2.75) is 0 Å². The van der Waals surface area contributed by atoms with Gasteiger partial charge in [-0.1, -0.05) is 11.6 Å². The molecule has 1 saturated heterocycles. The molecule has 0 unspecified atom stereocenters. The summed E-state index contributed by atoms with van der Waals surface area (Å²) < 4.78 is 0. The van der Waals surface area contributed by atoms with Crippen molar-refractivity contribution in [3.63, 3.8) is 0 Å². The average Bonchev–Trinajstić information content (AvgIpc) is 2.58. The summed E-state index contributed by atoms with van der Waals surface area (Å²) in [5.41, 5.74) is 1.11. The fourth-order valence-electron chi connectivity index (χ4n) is 2.34. The van der Waals surface area contributed by atoms with E-state index in [1.165, 1.54) is 0 Å². The number of anilines is 2. The molecule has 0 radical (unpaired) electrons. The highest BCUT2D eigenvalue weighted by molar-refractivity contribution is 6.30. The number of aromatic nitrogens is 2. The number of halogens is 1. The molecule has 0 bridgehead atoms. The third-order valence-electron chi connectivity index (χ3n) is 3.79. The maximum absolute atomic E-state index is 12.2. The number of hydrogen-bond acceptors (Lipinski definition) is 5. The Kier molecular flexibility index (Phi) is 4.73. The van der Waals surface area contributed by atoms with E-state index >= 15 is 0 Å². The molecule has 0 aliphatic carbocycles. The average molecular weight is 332 g/mol. The van der Waals surface area contributed by atoms with E-state index in [9.17, 15) is 4.79 Å². The van der Waals surface area contributed by atoms with E-state index in [-0.39, 0.29) is 5.91 Å². The fraction of sp³-hybridized carbons (Fsp3) is 0.312. The summed E-state index contributed by atoms with van der Waals surface area (Å²) in [6, 6.07) is 6.95. The quantitative estimate of drug-likeness (QED) is 0.933. The predicted molar refractivity (Wildman–Crippen MR) is 91.1 cm³/mol.